The van der Waals surface area contributed by atoms with Crippen molar-refractivity contribution in [2.24, 2.45) is 0 Å². The molecule has 1 aromatic rings. The van der Waals surface area contributed by atoms with Gasteiger partial charge in [-0.3, -0.25) is 20.2 Å². The van der Waals surface area contributed by atoms with Crippen molar-refractivity contribution in [1.29, 1.82) is 0 Å². The van der Waals surface area contributed by atoms with Crippen LogP contribution in [0.1, 0.15) is 0 Å². The molecule has 0 saturated heterocycles. The van der Waals surface area contributed by atoms with Crippen molar-refractivity contribution in [3.63, 3.8) is 0 Å². The number of hydrogen-bond acceptors (Lipinski definition) is 5. The molecule has 0 heterocycles. The molecule has 0 saturated carbocycles. The standard InChI is InChI=1S/C8H4F4N2O5/c9-7(8(10,11)12)19-6-2-1-4(13(15)16)3-5(6)14(17)18/h1-3,7H. The molecular formula is C8H4F4N2O5. The summed E-state index contributed by atoms with van der Waals surface area (Å²) >= 11 is 0. The Labute approximate surface area is 101 Å². The molecule has 11 heteroatoms. The summed E-state index contributed by atoms with van der Waals surface area (Å²) < 4.78 is 52.0. The topological polar surface area (TPSA) is 95.5 Å². The Morgan fingerprint density at radius 2 is 1.74 bits per heavy atom. The lowest BCUT2D eigenvalue weighted by atomic mass is 10.2. The molecule has 1 atom stereocenters. The largest absolute Gasteiger partial charge is 0.457 e. The van der Waals surface area contributed by atoms with Crippen LogP contribution < -0.4 is 4.74 Å². The number of hydrogen-bond donors (Lipinski definition) is 0. The molecule has 7 nitrogen and oxygen atoms in total. The lowest BCUT2D eigenvalue weighted by Gasteiger charge is -2.13. The first-order chi connectivity index (χ1) is 8.62. The van der Waals surface area contributed by atoms with Gasteiger partial charge in [-0.25, -0.2) is 0 Å². The minimum Gasteiger partial charge on any atom is -0.445 e. The highest BCUT2D eigenvalue weighted by molar-refractivity contribution is 5.53. The van der Waals surface area contributed by atoms with E-state index in [-0.39, 0.29) is 0 Å². The van der Waals surface area contributed by atoms with E-state index < -0.39 is 39.5 Å². The van der Waals surface area contributed by atoms with E-state index in [0.29, 0.717) is 18.2 Å². The normalized spacial score (nSPS) is 12.8. The average molecular weight is 284 g/mol. The highest BCUT2D eigenvalue weighted by atomic mass is 19.4. The molecule has 0 aliphatic carbocycles. The molecule has 0 spiro atoms. The first kappa shape index (κ1) is 14.6. The van der Waals surface area contributed by atoms with Crippen molar-refractivity contribution in [3.8, 4) is 5.75 Å². The minimum absolute atomic E-state index is 0.373. The number of nitrogens with zero attached hydrogens (tertiary/aromatic N) is 2. The van der Waals surface area contributed by atoms with E-state index in [1.807, 2.05) is 0 Å². The summed E-state index contributed by atoms with van der Waals surface area (Å²) in [6.45, 7) is 0. The summed E-state index contributed by atoms with van der Waals surface area (Å²) in [4.78, 5) is 18.7. The summed E-state index contributed by atoms with van der Waals surface area (Å²) in [6.07, 6.45) is -9.14. The highest BCUT2D eigenvalue weighted by Gasteiger charge is 2.43. The highest BCUT2D eigenvalue weighted by Crippen LogP contribution is 2.34. The van der Waals surface area contributed by atoms with Crippen LogP contribution in [0.2, 0.25) is 0 Å². The van der Waals surface area contributed by atoms with Gasteiger partial charge in [0, 0.05) is 6.07 Å². The smallest absolute Gasteiger partial charge is 0.445 e. The van der Waals surface area contributed by atoms with Crippen molar-refractivity contribution in [2.45, 2.75) is 12.5 Å². The first-order valence-corrected chi connectivity index (χ1v) is 4.43. The third kappa shape index (κ3) is 3.50. The number of halogens is 4. The maximum absolute atomic E-state index is 12.6. The molecule has 104 valence electrons. The molecule has 0 fully saturated rings. The van der Waals surface area contributed by atoms with E-state index in [1.165, 1.54) is 0 Å². The Balaban J connectivity index is 3.14. The van der Waals surface area contributed by atoms with E-state index in [1.54, 1.807) is 0 Å². The predicted molar refractivity (Wildman–Crippen MR) is 51.3 cm³/mol. The third-order valence-electron chi connectivity index (χ3n) is 1.84. The zero-order valence-corrected chi connectivity index (χ0v) is 8.76. The number of alkyl halides is 4. The Hall–Kier alpha value is -2.46. The Kier molecular flexibility index (Phi) is 3.87. The molecule has 0 radical (unpaired) electrons. The fourth-order valence-electron chi connectivity index (χ4n) is 1.04. The van der Waals surface area contributed by atoms with Gasteiger partial charge in [0.25, 0.3) is 5.69 Å². The maximum Gasteiger partial charge on any atom is 0.457 e. The molecule has 1 aromatic carbocycles. The van der Waals surface area contributed by atoms with Gasteiger partial charge in [-0.15, -0.1) is 0 Å². The van der Waals surface area contributed by atoms with Crippen LogP contribution in [0.5, 0.6) is 5.75 Å². The van der Waals surface area contributed by atoms with Crippen LogP contribution in [-0.4, -0.2) is 22.4 Å². The van der Waals surface area contributed by atoms with Crippen molar-refractivity contribution in [2.75, 3.05) is 0 Å². The number of non-ortho nitro benzene ring substituents is 1. The maximum atomic E-state index is 12.6. The monoisotopic (exact) mass is 284 g/mol. The quantitative estimate of drug-likeness (QED) is 0.481. The van der Waals surface area contributed by atoms with Crippen molar-refractivity contribution in [3.05, 3.63) is 38.4 Å². The van der Waals surface area contributed by atoms with E-state index in [4.69, 9.17) is 0 Å². The van der Waals surface area contributed by atoms with Crippen molar-refractivity contribution >= 4 is 11.4 Å². The molecule has 0 amide bonds. The second-order valence-corrected chi connectivity index (χ2v) is 3.14. The van der Waals surface area contributed by atoms with Crippen molar-refractivity contribution in [1.82, 2.24) is 0 Å². The summed E-state index contributed by atoms with van der Waals surface area (Å²) in [5, 5.41) is 20.9. The lowest BCUT2D eigenvalue weighted by Crippen LogP contribution is -2.30. The molecule has 1 rings (SSSR count). The minimum atomic E-state index is -5.37. The van der Waals surface area contributed by atoms with Crippen LogP contribution in [-0.2, 0) is 0 Å². The van der Waals surface area contributed by atoms with E-state index in [9.17, 15) is 37.8 Å². The number of nitro groups is 2. The fraction of sp³-hybridized carbons (Fsp3) is 0.250. The SMILES string of the molecule is O=[N+]([O-])c1ccc(OC(F)C(F)(F)F)c([N+](=O)[O-])c1. The summed E-state index contributed by atoms with van der Waals surface area (Å²) in [6, 6.07) is 1.55. The van der Waals surface area contributed by atoms with Gasteiger partial charge in [0.2, 0.25) is 5.75 Å². The second-order valence-electron chi connectivity index (χ2n) is 3.14. The van der Waals surface area contributed by atoms with Gasteiger partial charge in [0.05, 0.1) is 15.9 Å². The van der Waals surface area contributed by atoms with Gasteiger partial charge in [0.1, 0.15) is 0 Å². The molecule has 0 aliphatic rings. The summed E-state index contributed by atoms with van der Waals surface area (Å²) in [5.74, 6) is -1.06. The van der Waals surface area contributed by atoms with Gasteiger partial charge in [0.15, 0.2) is 0 Å². The molecule has 0 aromatic heterocycles. The van der Waals surface area contributed by atoms with E-state index in [0.717, 1.165) is 0 Å². The average Bonchev–Trinajstić information content (AvgIpc) is 2.27. The molecular weight excluding hydrogens is 280 g/mol. The van der Waals surface area contributed by atoms with Gasteiger partial charge in [-0.05, 0) is 6.07 Å². The molecule has 0 N–H and O–H groups in total. The molecule has 19 heavy (non-hydrogen) atoms. The fourth-order valence-corrected chi connectivity index (χ4v) is 1.04. The number of ether oxygens (including phenoxy) is 1. The Morgan fingerprint density at radius 1 is 1.16 bits per heavy atom. The van der Waals surface area contributed by atoms with Gasteiger partial charge < -0.3 is 4.74 Å². The van der Waals surface area contributed by atoms with Crippen molar-refractivity contribution < 1.29 is 32.1 Å². The van der Waals surface area contributed by atoms with Crippen LogP contribution in [0.15, 0.2) is 18.2 Å². The summed E-state index contributed by atoms with van der Waals surface area (Å²) in [7, 11) is 0. The summed E-state index contributed by atoms with van der Waals surface area (Å²) in [5.41, 5.74) is -1.87. The number of nitro benzene ring substituents is 2. The van der Waals surface area contributed by atoms with Gasteiger partial charge in [-0.1, -0.05) is 0 Å². The first-order valence-electron chi connectivity index (χ1n) is 4.43. The Bertz CT molecular complexity index is 518. The van der Waals surface area contributed by atoms with Gasteiger partial charge in [-0.2, -0.15) is 17.6 Å². The molecule has 0 aliphatic heterocycles. The van der Waals surface area contributed by atoms with E-state index in [2.05, 4.69) is 4.74 Å². The number of rotatable bonds is 4. The van der Waals surface area contributed by atoms with Crippen LogP contribution in [0, 0.1) is 20.2 Å². The Morgan fingerprint density at radius 3 is 2.16 bits per heavy atom. The van der Waals surface area contributed by atoms with Crippen LogP contribution in [0.3, 0.4) is 0 Å². The third-order valence-corrected chi connectivity index (χ3v) is 1.84. The zero-order chi connectivity index (χ0) is 14.8. The van der Waals surface area contributed by atoms with Gasteiger partial charge >= 0.3 is 18.2 Å². The lowest BCUT2D eigenvalue weighted by molar-refractivity contribution is -0.395. The van der Waals surface area contributed by atoms with Crippen LogP contribution in [0.4, 0.5) is 28.9 Å². The molecule has 1 unspecified atom stereocenters. The second kappa shape index (κ2) is 5.04. The van der Waals surface area contributed by atoms with E-state index >= 15 is 0 Å². The molecule has 0 bridgehead atoms. The predicted octanol–water partition coefficient (Wildman–Crippen LogP) is 2.74. The number of benzene rings is 1. The zero-order valence-electron chi connectivity index (χ0n) is 8.76. The van der Waals surface area contributed by atoms with Crippen LogP contribution >= 0.6 is 0 Å². The van der Waals surface area contributed by atoms with Crippen LogP contribution in [0.25, 0.3) is 0 Å².